The molecule has 0 bridgehead atoms. The van der Waals surface area contributed by atoms with Crippen LogP contribution < -0.4 is 10.1 Å². The van der Waals surface area contributed by atoms with E-state index in [0.717, 1.165) is 0 Å². The highest BCUT2D eigenvalue weighted by molar-refractivity contribution is 6.30. The molecule has 0 aromatic carbocycles. The number of ether oxygens (including phenoxy) is 2. The molecule has 100 valence electrons. The maximum atomic E-state index is 11.3. The molecule has 2 atom stereocenters. The highest BCUT2D eigenvalue weighted by Gasteiger charge is 2.31. The quantitative estimate of drug-likeness (QED) is 0.855. The number of methoxy groups -OCH3 is 1. The predicted octanol–water partition coefficient (Wildman–Crippen LogP) is 1.44. The van der Waals surface area contributed by atoms with E-state index < -0.39 is 0 Å². The molecule has 1 aromatic heterocycles. The molecule has 1 aliphatic heterocycles. The largest absolute Gasteiger partial charge is 0.473 e. The Hall–Kier alpha value is -1.04. The van der Waals surface area contributed by atoms with E-state index in [0.29, 0.717) is 23.9 Å². The van der Waals surface area contributed by atoms with Crippen molar-refractivity contribution in [3.63, 3.8) is 0 Å². The van der Waals surface area contributed by atoms with E-state index in [-0.39, 0.29) is 30.5 Å². The van der Waals surface area contributed by atoms with Crippen LogP contribution >= 0.6 is 24.0 Å². The Balaban J connectivity index is 0.00000162. The maximum absolute atomic E-state index is 11.3. The average Bonchev–Trinajstić information content (AvgIpc) is 2.80. The molecular formula is C11H14Cl2N2O3. The topological polar surface area (TPSA) is 60.5 Å². The summed E-state index contributed by atoms with van der Waals surface area (Å²) >= 11 is 5.72. The Morgan fingerprint density at radius 3 is 2.94 bits per heavy atom. The standard InChI is InChI=1S/C11H13ClN2O3.ClH/c1-16-11(15)9-4-8(6-13-9)17-10-3-2-7(12)5-14-10;/h2-3,5,8-9,13H,4,6H2,1H3;1H/t8?,9-;/m1./s1. The Kier molecular flexibility index (Phi) is 5.65. The highest BCUT2D eigenvalue weighted by atomic mass is 35.5. The zero-order valence-corrected chi connectivity index (χ0v) is 11.3. The number of hydrogen-bond donors (Lipinski definition) is 1. The number of hydrogen-bond acceptors (Lipinski definition) is 5. The lowest BCUT2D eigenvalue weighted by atomic mass is 10.2. The van der Waals surface area contributed by atoms with Crippen LogP contribution in [-0.2, 0) is 9.53 Å². The third-order valence-electron chi connectivity index (χ3n) is 2.56. The van der Waals surface area contributed by atoms with Gasteiger partial charge >= 0.3 is 5.97 Å². The van der Waals surface area contributed by atoms with Gasteiger partial charge in [0.05, 0.1) is 12.1 Å². The van der Waals surface area contributed by atoms with Gasteiger partial charge in [-0.15, -0.1) is 12.4 Å². The second-order valence-electron chi connectivity index (χ2n) is 3.77. The number of nitrogens with zero attached hydrogens (tertiary/aromatic N) is 1. The first-order valence-corrected chi connectivity index (χ1v) is 5.66. The normalized spacial score (nSPS) is 22.1. The molecule has 1 aliphatic rings. The molecule has 5 nitrogen and oxygen atoms in total. The summed E-state index contributed by atoms with van der Waals surface area (Å²) in [4.78, 5) is 15.3. The van der Waals surface area contributed by atoms with Gasteiger partial charge in [-0.25, -0.2) is 4.98 Å². The molecule has 0 spiro atoms. The first-order valence-electron chi connectivity index (χ1n) is 5.28. The number of rotatable bonds is 3. The van der Waals surface area contributed by atoms with Gasteiger partial charge in [0, 0.05) is 25.2 Å². The fraction of sp³-hybridized carbons (Fsp3) is 0.455. The van der Waals surface area contributed by atoms with Crippen molar-refractivity contribution in [2.24, 2.45) is 0 Å². The zero-order chi connectivity index (χ0) is 12.3. The maximum Gasteiger partial charge on any atom is 0.323 e. The first-order chi connectivity index (χ1) is 8.19. The van der Waals surface area contributed by atoms with Gasteiger partial charge in [0.25, 0.3) is 0 Å². The van der Waals surface area contributed by atoms with Gasteiger partial charge in [-0.05, 0) is 6.07 Å². The number of halogens is 2. The van der Waals surface area contributed by atoms with Crippen molar-refractivity contribution < 1.29 is 14.3 Å². The molecule has 0 radical (unpaired) electrons. The van der Waals surface area contributed by atoms with E-state index in [1.54, 1.807) is 12.1 Å². The Morgan fingerprint density at radius 2 is 2.33 bits per heavy atom. The number of aromatic nitrogens is 1. The van der Waals surface area contributed by atoms with Gasteiger partial charge in [-0.3, -0.25) is 4.79 Å². The van der Waals surface area contributed by atoms with E-state index in [4.69, 9.17) is 16.3 Å². The molecule has 7 heteroatoms. The molecule has 0 amide bonds. The van der Waals surface area contributed by atoms with Gasteiger partial charge < -0.3 is 14.8 Å². The number of carbonyl (C=O) groups excluding carboxylic acids is 1. The predicted molar refractivity (Wildman–Crippen MR) is 69.3 cm³/mol. The van der Waals surface area contributed by atoms with E-state index >= 15 is 0 Å². The van der Waals surface area contributed by atoms with Crippen molar-refractivity contribution in [1.29, 1.82) is 0 Å². The van der Waals surface area contributed by atoms with Crippen molar-refractivity contribution in [2.75, 3.05) is 13.7 Å². The van der Waals surface area contributed by atoms with Crippen molar-refractivity contribution in [3.05, 3.63) is 23.4 Å². The lowest BCUT2D eigenvalue weighted by molar-refractivity contribution is -0.142. The van der Waals surface area contributed by atoms with Crippen LogP contribution in [0.5, 0.6) is 5.88 Å². The van der Waals surface area contributed by atoms with Crippen LogP contribution in [0.25, 0.3) is 0 Å². The van der Waals surface area contributed by atoms with Crippen molar-refractivity contribution in [3.8, 4) is 5.88 Å². The van der Waals surface area contributed by atoms with Crippen molar-refractivity contribution >= 4 is 30.0 Å². The Morgan fingerprint density at radius 1 is 1.56 bits per heavy atom. The summed E-state index contributed by atoms with van der Waals surface area (Å²) in [5, 5.41) is 3.60. The van der Waals surface area contributed by atoms with Crippen LogP contribution in [0.3, 0.4) is 0 Å². The molecule has 1 fully saturated rings. The Labute approximate surface area is 116 Å². The van der Waals surface area contributed by atoms with E-state index in [1.807, 2.05) is 0 Å². The summed E-state index contributed by atoms with van der Waals surface area (Å²) in [6.45, 7) is 0.601. The van der Waals surface area contributed by atoms with Gasteiger partial charge in [-0.1, -0.05) is 11.6 Å². The van der Waals surface area contributed by atoms with Gasteiger partial charge in [0.2, 0.25) is 5.88 Å². The molecule has 2 rings (SSSR count). The van der Waals surface area contributed by atoms with E-state index in [9.17, 15) is 4.79 Å². The summed E-state index contributed by atoms with van der Waals surface area (Å²) in [5.74, 6) is 0.242. The summed E-state index contributed by atoms with van der Waals surface area (Å²) in [5.41, 5.74) is 0. The molecule has 2 heterocycles. The smallest absolute Gasteiger partial charge is 0.323 e. The third-order valence-corrected chi connectivity index (χ3v) is 2.79. The molecule has 0 aliphatic carbocycles. The SMILES string of the molecule is COC(=O)[C@H]1CC(Oc2ccc(Cl)cn2)CN1.Cl. The number of esters is 1. The number of nitrogens with one attached hydrogen (secondary N) is 1. The molecule has 1 N–H and O–H groups in total. The lowest BCUT2D eigenvalue weighted by Crippen LogP contribution is -2.31. The fourth-order valence-corrected chi connectivity index (χ4v) is 1.83. The van der Waals surface area contributed by atoms with Gasteiger partial charge in [0.15, 0.2) is 0 Å². The molecule has 1 aromatic rings. The van der Waals surface area contributed by atoms with Crippen LogP contribution in [0.2, 0.25) is 5.02 Å². The van der Waals surface area contributed by atoms with Crippen LogP contribution in [0.1, 0.15) is 6.42 Å². The third kappa shape index (κ3) is 3.73. The highest BCUT2D eigenvalue weighted by Crippen LogP contribution is 2.17. The average molecular weight is 293 g/mol. The zero-order valence-electron chi connectivity index (χ0n) is 9.76. The lowest BCUT2D eigenvalue weighted by Gasteiger charge is -2.11. The second kappa shape index (κ2) is 6.78. The monoisotopic (exact) mass is 292 g/mol. The molecule has 0 saturated carbocycles. The van der Waals surface area contributed by atoms with Gasteiger partial charge in [0.1, 0.15) is 12.1 Å². The summed E-state index contributed by atoms with van der Waals surface area (Å²) in [7, 11) is 1.37. The van der Waals surface area contributed by atoms with Crippen LogP contribution in [0, 0.1) is 0 Å². The second-order valence-corrected chi connectivity index (χ2v) is 4.21. The fourth-order valence-electron chi connectivity index (χ4n) is 1.72. The summed E-state index contributed by atoms with van der Waals surface area (Å²) < 4.78 is 10.3. The van der Waals surface area contributed by atoms with E-state index in [1.165, 1.54) is 13.3 Å². The molecule has 1 unspecified atom stereocenters. The van der Waals surface area contributed by atoms with Crippen LogP contribution in [-0.4, -0.2) is 36.8 Å². The number of pyridine rings is 1. The minimum Gasteiger partial charge on any atom is -0.473 e. The minimum absolute atomic E-state index is 0. The summed E-state index contributed by atoms with van der Waals surface area (Å²) in [6, 6.07) is 3.12. The van der Waals surface area contributed by atoms with E-state index in [2.05, 4.69) is 15.0 Å². The van der Waals surface area contributed by atoms with Crippen molar-refractivity contribution in [2.45, 2.75) is 18.6 Å². The Bertz CT molecular complexity index is 400. The number of carbonyl (C=O) groups is 1. The van der Waals surface area contributed by atoms with Crippen molar-refractivity contribution in [1.82, 2.24) is 10.3 Å². The molecule has 1 saturated heterocycles. The summed E-state index contributed by atoms with van der Waals surface area (Å²) in [6.07, 6.45) is 2.03. The first kappa shape index (κ1) is 15.0. The molecular weight excluding hydrogens is 279 g/mol. The van der Waals surface area contributed by atoms with Gasteiger partial charge in [-0.2, -0.15) is 0 Å². The molecule has 18 heavy (non-hydrogen) atoms. The van der Waals surface area contributed by atoms with Crippen LogP contribution in [0.15, 0.2) is 18.3 Å². The van der Waals surface area contributed by atoms with Crippen LogP contribution in [0.4, 0.5) is 0 Å². The minimum atomic E-state index is -0.294.